The number of esters is 2. The molecule has 6 unspecified atom stereocenters. The molecule has 0 aromatic heterocycles. The van der Waals surface area contributed by atoms with Gasteiger partial charge < -0.3 is 39.9 Å². The van der Waals surface area contributed by atoms with Crippen molar-refractivity contribution in [2.45, 2.75) is 211 Å². The van der Waals surface area contributed by atoms with Gasteiger partial charge in [0.25, 0.3) is 0 Å². The van der Waals surface area contributed by atoms with Crippen molar-refractivity contribution < 1.29 is 63.1 Å². The van der Waals surface area contributed by atoms with Gasteiger partial charge in [0.15, 0.2) is 6.10 Å². The van der Waals surface area contributed by atoms with Crippen LogP contribution in [0.25, 0.3) is 0 Å². The van der Waals surface area contributed by atoms with Crippen LogP contribution >= 0.6 is 7.82 Å². The van der Waals surface area contributed by atoms with E-state index in [9.17, 15) is 44.6 Å². The summed E-state index contributed by atoms with van der Waals surface area (Å²) in [5, 5.41) is 50.1. The van der Waals surface area contributed by atoms with E-state index in [-0.39, 0.29) is 12.8 Å². The number of hydrogen-bond acceptors (Lipinski definition) is 12. The molecule has 0 heterocycles. The van der Waals surface area contributed by atoms with Crippen LogP contribution in [0, 0.1) is 0 Å². The number of phosphoric ester groups is 1. The number of unbranched alkanes of at least 4 members (excludes halogenated alkanes) is 16. The van der Waals surface area contributed by atoms with Crippen LogP contribution in [-0.4, -0.2) is 98.3 Å². The van der Waals surface area contributed by atoms with Gasteiger partial charge in [-0.05, 0) is 77.0 Å². The van der Waals surface area contributed by atoms with Gasteiger partial charge in [-0.3, -0.25) is 18.6 Å². The van der Waals surface area contributed by atoms with Crippen LogP contribution in [0.5, 0.6) is 0 Å². The highest BCUT2D eigenvalue weighted by Crippen LogP contribution is 2.47. The molecule has 1 rings (SSSR count). The van der Waals surface area contributed by atoms with Crippen molar-refractivity contribution in [2.24, 2.45) is 0 Å². The van der Waals surface area contributed by atoms with Crippen LogP contribution in [0.3, 0.4) is 0 Å². The van der Waals surface area contributed by atoms with Crippen molar-refractivity contribution in [2.75, 3.05) is 13.2 Å². The van der Waals surface area contributed by atoms with Gasteiger partial charge in [0.05, 0.1) is 6.61 Å². The number of ether oxygens (including phenoxy) is 2. The van der Waals surface area contributed by atoms with E-state index in [2.05, 4.69) is 62.5 Å². The summed E-state index contributed by atoms with van der Waals surface area (Å²) in [6.45, 7) is 3.21. The molecule has 13 nitrogen and oxygen atoms in total. The largest absolute Gasteiger partial charge is 0.472 e. The lowest BCUT2D eigenvalue weighted by molar-refractivity contribution is -0.220. The first-order chi connectivity index (χ1) is 28.4. The SMILES string of the molecule is CCCCC/C=C/C/C=C/C/C=C/CCCCC(=O)O[C@H](COC(=O)CCCCCCC/C=C/CCCCCCCC)COP(=O)(O)OC1C(O)C(O)C(O)[C@@H](O)C1O. The highest BCUT2D eigenvalue weighted by molar-refractivity contribution is 7.47. The molecule has 6 N–H and O–H groups in total. The van der Waals surface area contributed by atoms with E-state index < -0.39 is 75.7 Å². The third-order valence-electron chi connectivity index (χ3n) is 10.1. The fourth-order valence-corrected chi connectivity index (χ4v) is 7.44. The number of carbonyl (C=O) groups is 2. The van der Waals surface area contributed by atoms with Crippen molar-refractivity contribution in [3.05, 3.63) is 48.6 Å². The van der Waals surface area contributed by atoms with E-state index in [1.54, 1.807) is 0 Å². The number of aliphatic hydroxyl groups is 5. The molecular formula is C45H79O13P. The van der Waals surface area contributed by atoms with Crippen LogP contribution in [0.15, 0.2) is 48.6 Å². The highest BCUT2D eigenvalue weighted by atomic mass is 31.2. The minimum atomic E-state index is -5.13. The molecule has 0 radical (unpaired) electrons. The first kappa shape index (κ1) is 54.8. The minimum Gasteiger partial charge on any atom is -0.462 e. The van der Waals surface area contributed by atoms with E-state index in [1.165, 1.54) is 57.8 Å². The summed E-state index contributed by atoms with van der Waals surface area (Å²) in [6.07, 6.45) is 27.4. The lowest BCUT2D eigenvalue weighted by Crippen LogP contribution is -2.64. The first-order valence-corrected chi connectivity index (χ1v) is 23.9. The van der Waals surface area contributed by atoms with Crippen molar-refractivity contribution >= 4 is 19.8 Å². The molecule has 14 heteroatoms. The van der Waals surface area contributed by atoms with E-state index in [1.807, 2.05) is 0 Å². The van der Waals surface area contributed by atoms with E-state index >= 15 is 0 Å². The Morgan fingerprint density at radius 2 is 0.915 bits per heavy atom. The molecule has 1 fully saturated rings. The maximum atomic E-state index is 12.8. The summed E-state index contributed by atoms with van der Waals surface area (Å²) in [6, 6.07) is 0. The summed E-state index contributed by atoms with van der Waals surface area (Å²) < 4.78 is 33.4. The van der Waals surface area contributed by atoms with Crippen molar-refractivity contribution in [3.8, 4) is 0 Å². The summed E-state index contributed by atoms with van der Waals surface area (Å²) >= 11 is 0. The standard InChI is InChI=1S/C45H79O13P/c1-3-5-7-9-11-13-15-17-19-21-23-25-27-29-31-33-38(46)55-35-37(36-56-59(53,54)58-45-43(51)41(49)40(48)42(50)44(45)52)57-39(47)34-32-30-28-26-24-22-20-18-16-14-12-10-8-6-4-2/h12,14,17-20,24,26,37,40-45,48-52H,3-11,13,15-16,21-23,25,27-36H2,1-2H3,(H,53,54)/b14-12+,19-17+,20-18+,26-24+/t37-,40?,41-,42?,43?,44?,45?/m1/s1. The second kappa shape index (κ2) is 35.4. The number of phosphoric acid groups is 1. The fraction of sp³-hybridized carbons (Fsp3) is 0.778. The van der Waals surface area contributed by atoms with Crippen LogP contribution in [0.2, 0.25) is 0 Å². The van der Waals surface area contributed by atoms with Gasteiger partial charge in [-0.25, -0.2) is 4.57 Å². The molecule has 0 aromatic rings. The first-order valence-electron chi connectivity index (χ1n) is 22.4. The van der Waals surface area contributed by atoms with Gasteiger partial charge >= 0.3 is 19.8 Å². The molecule has 0 spiro atoms. The summed E-state index contributed by atoms with van der Waals surface area (Å²) in [7, 11) is -5.13. The van der Waals surface area contributed by atoms with Gasteiger partial charge in [-0.1, -0.05) is 127 Å². The lowest BCUT2D eigenvalue weighted by Gasteiger charge is -2.41. The Hall–Kier alpha value is -2.19. The van der Waals surface area contributed by atoms with Gasteiger partial charge in [0.1, 0.15) is 43.2 Å². The number of allylic oxidation sites excluding steroid dienone is 8. The molecule has 0 aromatic carbocycles. The molecule has 1 aliphatic rings. The van der Waals surface area contributed by atoms with Gasteiger partial charge in [-0.15, -0.1) is 0 Å². The molecule has 0 aliphatic heterocycles. The third-order valence-corrected chi connectivity index (χ3v) is 11.1. The van der Waals surface area contributed by atoms with Gasteiger partial charge in [0.2, 0.25) is 0 Å². The minimum absolute atomic E-state index is 0.0452. The van der Waals surface area contributed by atoms with Gasteiger partial charge in [0, 0.05) is 12.8 Å². The zero-order valence-corrected chi connectivity index (χ0v) is 36.9. The topological polar surface area (TPSA) is 210 Å². The van der Waals surface area contributed by atoms with Crippen LogP contribution < -0.4 is 0 Å². The Morgan fingerprint density at radius 3 is 1.47 bits per heavy atom. The Balaban J connectivity index is 2.52. The number of aliphatic hydroxyl groups excluding tert-OH is 5. The van der Waals surface area contributed by atoms with Crippen molar-refractivity contribution in [1.82, 2.24) is 0 Å². The normalized spacial score (nSPS) is 22.8. The predicted octanol–water partition coefficient (Wildman–Crippen LogP) is 8.39. The third kappa shape index (κ3) is 28.1. The Labute approximate surface area is 354 Å². The smallest absolute Gasteiger partial charge is 0.462 e. The van der Waals surface area contributed by atoms with Crippen LogP contribution in [0.4, 0.5) is 0 Å². The zero-order valence-electron chi connectivity index (χ0n) is 36.0. The monoisotopic (exact) mass is 859 g/mol. The molecule has 0 bridgehead atoms. The number of carbonyl (C=O) groups excluding carboxylic acids is 2. The maximum absolute atomic E-state index is 12.8. The Bertz CT molecular complexity index is 1220. The fourth-order valence-electron chi connectivity index (χ4n) is 6.46. The Kier molecular flexibility index (Phi) is 32.9. The lowest BCUT2D eigenvalue weighted by atomic mass is 9.85. The molecule has 59 heavy (non-hydrogen) atoms. The van der Waals surface area contributed by atoms with Crippen molar-refractivity contribution in [1.29, 1.82) is 0 Å². The summed E-state index contributed by atoms with van der Waals surface area (Å²) in [4.78, 5) is 35.6. The zero-order chi connectivity index (χ0) is 43.6. The highest BCUT2D eigenvalue weighted by Gasteiger charge is 2.51. The second-order valence-corrected chi connectivity index (χ2v) is 16.9. The molecule has 8 atom stereocenters. The maximum Gasteiger partial charge on any atom is 0.472 e. The summed E-state index contributed by atoms with van der Waals surface area (Å²) in [5.41, 5.74) is 0. The van der Waals surface area contributed by atoms with Crippen LogP contribution in [0.1, 0.15) is 168 Å². The quantitative estimate of drug-likeness (QED) is 0.0152. The van der Waals surface area contributed by atoms with E-state index in [4.69, 9.17) is 18.5 Å². The Morgan fingerprint density at radius 1 is 0.525 bits per heavy atom. The van der Waals surface area contributed by atoms with E-state index in [0.717, 1.165) is 70.6 Å². The average Bonchev–Trinajstić information content (AvgIpc) is 3.21. The van der Waals surface area contributed by atoms with Crippen molar-refractivity contribution in [3.63, 3.8) is 0 Å². The molecule has 1 aliphatic carbocycles. The van der Waals surface area contributed by atoms with E-state index in [0.29, 0.717) is 12.8 Å². The van der Waals surface area contributed by atoms with Gasteiger partial charge in [-0.2, -0.15) is 0 Å². The molecule has 342 valence electrons. The predicted molar refractivity (Wildman–Crippen MR) is 230 cm³/mol. The molecular weight excluding hydrogens is 779 g/mol. The molecule has 0 amide bonds. The summed E-state index contributed by atoms with van der Waals surface area (Å²) in [5.74, 6) is -1.16. The second-order valence-electron chi connectivity index (χ2n) is 15.5. The number of hydrogen-bond donors (Lipinski definition) is 6. The van der Waals surface area contributed by atoms with Crippen LogP contribution in [-0.2, 0) is 32.7 Å². The molecule has 0 saturated heterocycles. The average molecular weight is 859 g/mol. The number of rotatable bonds is 36. The molecule has 1 saturated carbocycles.